The molecule has 0 unspecified atom stereocenters. The van der Waals surface area contributed by atoms with Gasteiger partial charge in [0.25, 0.3) is 5.91 Å². The molecule has 0 aromatic carbocycles. The van der Waals surface area contributed by atoms with Crippen molar-refractivity contribution >= 4 is 17.7 Å². The molecule has 9 heteroatoms. The predicted molar refractivity (Wildman–Crippen MR) is 96.2 cm³/mol. The summed E-state index contributed by atoms with van der Waals surface area (Å²) < 4.78 is 37.9. The highest BCUT2D eigenvalue weighted by atomic mass is 32.2. The molecule has 27 heavy (non-hydrogen) atoms. The minimum atomic E-state index is -4.49. The van der Waals surface area contributed by atoms with Crippen molar-refractivity contribution < 1.29 is 18.0 Å². The van der Waals surface area contributed by atoms with Crippen molar-refractivity contribution in [3.63, 3.8) is 0 Å². The van der Waals surface area contributed by atoms with E-state index in [0.29, 0.717) is 0 Å². The van der Waals surface area contributed by atoms with Crippen molar-refractivity contribution in [1.29, 1.82) is 0 Å². The molecule has 0 saturated carbocycles. The summed E-state index contributed by atoms with van der Waals surface area (Å²) in [7, 11) is 0. The Balaban J connectivity index is 1.54. The summed E-state index contributed by atoms with van der Waals surface area (Å²) in [5, 5.41) is 2.52. The predicted octanol–water partition coefficient (Wildman–Crippen LogP) is 3.48. The van der Waals surface area contributed by atoms with Crippen LogP contribution in [0.3, 0.4) is 0 Å². The zero-order chi connectivity index (χ0) is 19.3. The Labute approximate surface area is 159 Å². The third-order valence-corrected chi connectivity index (χ3v) is 5.01. The molecule has 0 spiro atoms. The summed E-state index contributed by atoms with van der Waals surface area (Å²) in [4.78, 5) is 22.7. The topological polar surface area (TPSA) is 58.1 Å². The van der Waals surface area contributed by atoms with Gasteiger partial charge in [0, 0.05) is 49.8 Å². The Kier molecular flexibility index (Phi) is 6.33. The molecule has 1 N–H and O–H groups in total. The molecule has 1 aliphatic rings. The van der Waals surface area contributed by atoms with E-state index in [9.17, 15) is 18.0 Å². The number of nitrogens with one attached hydrogen (secondary N) is 1. The average Bonchev–Trinajstić information content (AvgIpc) is 2.63. The van der Waals surface area contributed by atoms with E-state index in [2.05, 4.69) is 20.2 Å². The van der Waals surface area contributed by atoms with Crippen LogP contribution in [0.5, 0.6) is 0 Å². The SMILES string of the molecule is O=C(NC1CCN(Cc2ccccn2)CC1)c1cccnc1SC(F)(F)F. The lowest BCUT2D eigenvalue weighted by Gasteiger charge is -2.32. The Morgan fingerprint density at radius 3 is 2.56 bits per heavy atom. The Morgan fingerprint density at radius 2 is 1.89 bits per heavy atom. The van der Waals surface area contributed by atoms with Crippen LogP contribution in [0.25, 0.3) is 0 Å². The van der Waals surface area contributed by atoms with Gasteiger partial charge in [-0.15, -0.1) is 0 Å². The number of rotatable bonds is 5. The van der Waals surface area contributed by atoms with Crippen LogP contribution in [0, 0.1) is 0 Å². The minimum absolute atomic E-state index is 0.0456. The van der Waals surface area contributed by atoms with Crippen molar-refractivity contribution in [1.82, 2.24) is 20.2 Å². The third kappa shape index (κ3) is 5.93. The van der Waals surface area contributed by atoms with Crippen molar-refractivity contribution in [3.05, 3.63) is 54.0 Å². The second-order valence-electron chi connectivity index (χ2n) is 6.25. The van der Waals surface area contributed by atoms with Crippen LogP contribution in [-0.2, 0) is 6.54 Å². The fraction of sp³-hybridized carbons (Fsp3) is 0.389. The number of hydrogen-bond acceptors (Lipinski definition) is 5. The fourth-order valence-corrected chi connectivity index (χ4v) is 3.58. The van der Waals surface area contributed by atoms with Crippen LogP contribution < -0.4 is 5.32 Å². The molecule has 5 nitrogen and oxygen atoms in total. The van der Waals surface area contributed by atoms with Gasteiger partial charge < -0.3 is 5.32 Å². The molecule has 0 radical (unpaired) electrons. The maximum atomic E-state index is 12.6. The number of amides is 1. The van der Waals surface area contributed by atoms with Crippen molar-refractivity contribution in [2.75, 3.05) is 13.1 Å². The molecule has 3 rings (SSSR count). The molecule has 144 valence electrons. The first-order valence-electron chi connectivity index (χ1n) is 8.54. The van der Waals surface area contributed by atoms with Gasteiger partial charge in [-0.25, -0.2) is 4.98 Å². The minimum Gasteiger partial charge on any atom is -0.349 e. The number of piperidine rings is 1. The Morgan fingerprint density at radius 1 is 1.15 bits per heavy atom. The van der Waals surface area contributed by atoms with Crippen molar-refractivity contribution in [2.45, 2.75) is 36.0 Å². The molecule has 1 aliphatic heterocycles. The van der Waals surface area contributed by atoms with E-state index in [4.69, 9.17) is 0 Å². The van der Waals surface area contributed by atoms with Crippen LogP contribution >= 0.6 is 11.8 Å². The first kappa shape index (κ1) is 19.6. The maximum Gasteiger partial charge on any atom is 0.447 e. The normalized spacial score (nSPS) is 16.3. The number of alkyl halides is 3. The molecule has 3 heterocycles. The number of nitrogens with zero attached hydrogens (tertiary/aromatic N) is 3. The van der Waals surface area contributed by atoms with E-state index in [1.807, 2.05) is 18.2 Å². The number of carbonyl (C=O) groups excluding carboxylic acids is 1. The molecule has 0 aliphatic carbocycles. The Hall–Kier alpha value is -2.13. The van der Waals surface area contributed by atoms with E-state index >= 15 is 0 Å². The first-order valence-corrected chi connectivity index (χ1v) is 9.36. The van der Waals surface area contributed by atoms with Crippen molar-refractivity contribution in [3.8, 4) is 0 Å². The second kappa shape index (κ2) is 8.71. The van der Waals surface area contributed by atoms with Gasteiger partial charge in [0.05, 0.1) is 11.3 Å². The largest absolute Gasteiger partial charge is 0.447 e. The lowest BCUT2D eigenvalue weighted by atomic mass is 10.0. The van der Waals surface area contributed by atoms with Gasteiger partial charge in [-0.2, -0.15) is 13.2 Å². The standard InChI is InChI=1S/C18H19F3N4OS/c19-18(20,21)27-17-15(5-3-9-23-17)16(26)24-13-6-10-25(11-7-13)12-14-4-1-2-8-22-14/h1-5,8-9,13H,6-7,10-12H2,(H,24,26). The molecule has 1 fully saturated rings. The van der Waals surface area contributed by atoms with E-state index in [1.54, 1.807) is 6.20 Å². The van der Waals surface area contributed by atoms with Gasteiger partial charge in [0.1, 0.15) is 5.03 Å². The lowest BCUT2D eigenvalue weighted by Crippen LogP contribution is -2.44. The van der Waals surface area contributed by atoms with Gasteiger partial charge in [0.2, 0.25) is 0 Å². The molecule has 0 bridgehead atoms. The quantitative estimate of drug-likeness (QED) is 0.785. The molecule has 2 aromatic rings. The summed E-state index contributed by atoms with van der Waals surface area (Å²) in [5.74, 6) is -0.516. The van der Waals surface area contributed by atoms with Gasteiger partial charge >= 0.3 is 5.51 Å². The zero-order valence-electron chi connectivity index (χ0n) is 14.4. The third-order valence-electron chi connectivity index (χ3n) is 4.26. The number of likely N-dealkylation sites (tertiary alicyclic amines) is 1. The average molecular weight is 396 g/mol. The lowest BCUT2D eigenvalue weighted by molar-refractivity contribution is -0.0329. The van der Waals surface area contributed by atoms with E-state index in [1.165, 1.54) is 18.3 Å². The van der Waals surface area contributed by atoms with Crippen LogP contribution in [0.4, 0.5) is 13.2 Å². The zero-order valence-corrected chi connectivity index (χ0v) is 15.3. The molecular weight excluding hydrogens is 377 g/mol. The van der Waals surface area contributed by atoms with Crippen LogP contribution in [0.2, 0.25) is 0 Å². The van der Waals surface area contributed by atoms with Gasteiger partial charge in [-0.3, -0.25) is 14.7 Å². The molecule has 0 atom stereocenters. The monoisotopic (exact) mass is 396 g/mol. The highest BCUT2D eigenvalue weighted by molar-refractivity contribution is 8.00. The number of hydrogen-bond donors (Lipinski definition) is 1. The van der Waals surface area contributed by atoms with Crippen molar-refractivity contribution in [2.24, 2.45) is 0 Å². The molecule has 1 amide bonds. The summed E-state index contributed by atoms with van der Waals surface area (Å²) in [6.07, 6.45) is 4.48. The number of carbonyl (C=O) groups is 1. The van der Waals surface area contributed by atoms with Crippen LogP contribution in [-0.4, -0.2) is 45.4 Å². The van der Waals surface area contributed by atoms with E-state index in [0.717, 1.165) is 38.2 Å². The second-order valence-corrected chi connectivity index (χ2v) is 7.30. The highest BCUT2D eigenvalue weighted by Gasteiger charge is 2.32. The summed E-state index contributed by atoms with van der Waals surface area (Å²) in [6.45, 7) is 2.33. The number of pyridine rings is 2. The smallest absolute Gasteiger partial charge is 0.349 e. The van der Waals surface area contributed by atoms with Crippen LogP contribution in [0.15, 0.2) is 47.8 Å². The molecule has 2 aromatic heterocycles. The van der Waals surface area contributed by atoms with Gasteiger partial charge in [-0.05, 0) is 37.1 Å². The molecular formula is C18H19F3N4OS. The van der Waals surface area contributed by atoms with E-state index in [-0.39, 0.29) is 28.4 Å². The Bertz CT molecular complexity index is 765. The number of thioether (sulfide) groups is 1. The van der Waals surface area contributed by atoms with Gasteiger partial charge in [0.15, 0.2) is 0 Å². The van der Waals surface area contributed by atoms with Gasteiger partial charge in [-0.1, -0.05) is 6.07 Å². The first-order chi connectivity index (χ1) is 12.9. The molecule has 1 saturated heterocycles. The summed E-state index contributed by atoms with van der Waals surface area (Å²) in [5.41, 5.74) is -3.54. The number of aromatic nitrogens is 2. The van der Waals surface area contributed by atoms with E-state index < -0.39 is 11.4 Å². The fourth-order valence-electron chi connectivity index (χ4n) is 2.97. The van der Waals surface area contributed by atoms with Crippen LogP contribution in [0.1, 0.15) is 28.9 Å². The number of halogens is 3. The summed E-state index contributed by atoms with van der Waals surface area (Å²) in [6, 6.07) is 8.55. The summed E-state index contributed by atoms with van der Waals surface area (Å²) >= 11 is -0.368. The maximum absolute atomic E-state index is 12.6. The highest BCUT2D eigenvalue weighted by Crippen LogP contribution is 2.37.